The van der Waals surface area contributed by atoms with E-state index in [2.05, 4.69) is 12.2 Å². The van der Waals surface area contributed by atoms with Crippen molar-refractivity contribution in [3.8, 4) is 0 Å². The van der Waals surface area contributed by atoms with E-state index in [-0.39, 0.29) is 0 Å². The summed E-state index contributed by atoms with van der Waals surface area (Å²) < 4.78 is 26.6. The van der Waals surface area contributed by atoms with Crippen LogP contribution in [-0.2, 0) is 23.0 Å². The van der Waals surface area contributed by atoms with Crippen molar-refractivity contribution in [2.45, 2.75) is 37.6 Å². The van der Waals surface area contributed by atoms with Gasteiger partial charge in [0.05, 0.1) is 4.90 Å². The molecule has 1 aliphatic rings. The van der Waals surface area contributed by atoms with Gasteiger partial charge in [0.1, 0.15) is 0 Å². The Morgan fingerprint density at radius 3 is 2.47 bits per heavy atom. The minimum Gasteiger partial charge on any atom is -0.316 e. The van der Waals surface area contributed by atoms with Crippen LogP contribution in [0, 0.1) is 0 Å². The molecule has 0 aromatic heterocycles. The Morgan fingerprint density at radius 1 is 1.21 bits per heavy atom. The third kappa shape index (κ3) is 2.99. The lowest BCUT2D eigenvalue weighted by atomic mass is 10.1. The molecule has 0 aliphatic carbocycles. The van der Waals surface area contributed by atoms with E-state index in [0.717, 1.165) is 24.8 Å². The van der Waals surface area contributed by atoms with Crippen molar-refractivity contribution in [3.63, 3.8) is 0 Å². The number of sulfonamides is 1. The van der Waals surface area contributed by atoms with Crippen LogP contribution in [0.15, 0.2) is 23.1 Å². The molecular formula is C14H22N2O2S. The average Bonchev–Trinajstić information content (AvgIpc) is 2.93. The van der Waals surface area contributed by atoms with Gasteiger partial charge in [0.15, 0.2) is 0 Å². The topological polar surface area (TPSA) is 49.4 Å². The first-order valence-electron chi connectivity index (χ1n) is 6.86. The Morgan fingerprint density at radius 2 is 1.89 bits per heavy atom. The molecule has 2 rings (SSSR count). The van der Waals surface area contributed by atoms with E-state index < -0.39 is 10.0 Å². The number of nitrogens with zero attached hydrogens (tertiary/aromatic N) is 1. The second-order valence-corrected chi connectivity index (χ2v) is 6.86. The molecular weight excluding hydrogens is 260 g/mol. The highest BCUT2D eigenvalue weighted by Gasteiger charge is 2.27. The normalized spacial score (nSPS) is 16.9. The molecule has 1 aromatic rings. The summed E-state index contributed by atoms with van der Waals surface area (Å²) in [5.41, 5.74) is 2.28. The summed E-state index contributed by atoms with van der Waals surface area (Å²) in [6, 6.07) is 5.50. The number of nitrogens with one attached hydrogen (secondary N) is 1. The molecule has 1 heterocycles. The van der Waals surface area contributed by atoms with Gasteiger partial charge in [-0.3, -0.25) is 0 Å². The van der Waals surface area contributed by atoms with Gasteiger partial charge in [-0.2, -0.15) is 4.31 Å². The molecule has 1 aromatic carbocycles. The van der Waals surface area contributed by atoms with Gasteiger partial charge in [0.2, 0.25) is 10.0 Å². The first-order valence-corrected chi connectivity index (χ1v) is 8.30. The molecule has 4 nitrogen and oxygen atoms in total. The van der Waals surface area contributed by atoms with E-state index in [1.165, 1.54) is 5.56 Å². The third-order valence-electron chi connectivity index (χ3n) is 3.63. The van der Waals surface area contributed by atoms with Crippen LogP contribution in [0.5, 0.6) is 0 Å². The summed E-state index contributed by atoms with van der Waals surface area (Å²) in [5, 5.41) is 3.10. The SMILES string of the molecule is CCc1ccc(S(=O)(=O)N2CCCC2)cc1CNC. The van der Waals surface area contributed by atoms with E-state index in [1.54, 1.807) is 10.4 Å². The first-order chi connectivity index (χ1) is 9.09. The predicted octanol–water partition coefficient (Wildman–Crippen LogP) is 1.75. The number of aryl methyl sites for hydroxylation is 1. The largest absolute Gasteiger partial charge is 0.316 e. The van der Waals surface area contributed by atoms with Gasteiger partial charge >= 0.3 is 0 Å². The lowest BCUT2D eigenvalue weighted by molar-refractivity contribution is 0.477. The highest BCUT2D eigenvalue weighted by molar-refractivity contribution is 7.89. The molecule has 19 heavy (non-hydrogen) atoms. The second-order valence-electron chi connectivity index (χ2n) is 4.93. The van der Waals surface area contributed by atoms with E-state index in [0.29, 0.717) is 24.5 Å². The minimum atomic E-state index is -3.30. The van der Waals surface area contributed by atoms with Gasteiger partial charge in [-0.15, -0.1) is 0 Å². The van der Waals surface area contributed by atoms with Crippen molar-refractivity contribution in [3.05, 3.63) is 29.3 Å². The third-order valence-corrected chi connectivity index (χ3v) is 5.52. The maximum absolute atomic E-state index is 12.5. The minimum absolute atomic E-state index is 0.428. The highest BCUT2D eigenvalue weighted by atomic mass is 32.2. The average molecular weight is 282 g/mol. The van der Waals surface area contributed by atoms with Crippen molar-refractivity contribution in [2.24, 2.45) is 0 Å². The fourth-order valence-electron chi connectivity index (χ4n) is 2.54. The van der Waals surface area contributed by atoms with Crippen LogP contribution in [-0.4, -0.2) is 32.9 Å². The molecule has 106 valence electrons. The fraction of sp³-hybridized carbons (Fsp3) is 0.571. The first kappa shape index (κ1) is 14.5. The van der Waals surface area contributed by atoms with E-state index in [1.807, 2.05) is 19.2 Å². The van der Waals surface area contributed by atoms with Crippen LogP contribution < -0.4 is 5.32 Å². The van der Waals surface area contributed by atoms with Crippen LogP contribution in [0.2, 0.25) is 0 Å². The quantitative estimate of drug-likeness (QED) is 0.895. The van der Waals surface area contributed by atoms with Crippen LogP contribution in [0.4, 0.5) is 0 Å². The number of hydrogen-bond donors (Lipinski definition) is 1. The molecule has 0 unspecified atom stereocenters. The summed E-state index contributed by atoms with van der Waals surface area (Å²) in [5.74, 6) is 0. The monoisotopic (exact) mass is 282 g/mol. The van der Waals surface area contributed by atoms with Crippen LogP contribution in [0.3, 0.4) is 0 Å². The Bertz CT molecular complexity index is 534. The fourth-order valence-corrected chi connectivity index (χ4v) is 4.11. The highest BCUT2D eigenvalue weighted by Crippen LogP contribution is 2.23. The predicted molar refractivity (Wildman–Crippen MR) is 76.6 cm³/mol. The molecule has 0 bridgehead atoms. The number of hydrogen-bond acceptors (Lipinski definition) is 3. The van der Waals surface area contributed by atoms with Crippen LogP contribution in [0.25, 0.3) is 0 Å². The number of benzene rings is 1. The van der Waals surface area contributed by atoms with Gasteiger partial charge in [0, 0.05) is 19.6 Å². The van der Waals surface area contributed by atoms with E-state index in [4.69, 9.17) is 0 Å². The molecule has 0 radical (unpaired) electrons. The van der Waals surface area contributed by atoms with Gasteiger partial charge in [-0.1, -0.05) is 13.0 Å². The summed E-state index contributed by atoms with van der Waals surface area (Å²) >= 11 is 0. The van der Waals surface area contributed by atoms with E-state index in [9.17, 15) is 8.42 Å². The number of rotatable bonds is 5. The summed E-state index contributed by atoms with van der Waals surface area (Å²) in [6.07, 6.45) is 2.85. The summed E-state index contributed by atoms with van der Waals surface area (Å²) in [4.78, 5) is 0.428. The van der Waals surface area contributed by atoms with Gasteiger partial charge in [-0.05, 0) is 49.6 Å². The lowest BCUT2D eigenvalue weighted by Crippen LogP contribution is -2.28. The Balaban J connectivity index is 2.36. The Labute approximate surface area is 115 Å². The maximum Gasteiger partial charge on any atom is 0.243 e. The molecule has 1 saturated heterocycles. The molecule has 0 amide bonds. The van der Waals surface area contributed by atoms with Crippen molar-refractivity contribution in [2.75, 3.05) is 20.1 Å². The zero-order chi connectivity index (χ0) is 13.9. The van der Waals surface area contributed by atoms with Crippen LogP contribution >= 0.6 is 0 Å². The molecule has 0 saturated carbocycles. The van der Waals surface area contributed by atoms with E-state index >= 15 is 0 Å². The van der Waals surface area contributed by atoms with Crippen molar-refractivity contribution >= 4 is 10.0 Å². The molecule has 5 heteroatoms. The Kier molecular flexibility index (Phi) is 4.60. The zero-order valence-corrected chi connectivity index (χ0v) is 12.5. The van der Waals surface area contributed by atoms with Gasteiger partial charge in [-0.25, -0.2) is 8.42 Å². The van der Waals surface area contributed by atoms with Crippen molar-refractivity contribution in [1.82, 2.24) is 9.62 Å². The lowest BCUT2D eigenvalue weighted by Gasteiger charge is -2.17. The molecule has 1 aliphatic heterocycles. The summed E-state index contributed by atoms with van der Waals surface area (Å²) in [7, 11) is -1.42. The molecule has 1 fully saturated rings. The van der Waals surface area contributed by atoms with Crippen molar-refractivity contribution in [1.29, 1.82) is 0 Å². The second kappa shape index (κ2) is 6.03. The van der Waals surface area contributed by atoms with Crippen molar-refractivity contribution < 1.29 is 8.42 Å². The molecule has 1 N–H and O–H groups in total. The molecule has 0 atom stereocenters. The van der Waals surface area contributed by atoms with Crippen LogP contribution in [0.1, 0.15) is 30.9 Å². The summed E-state index contributed by atoms with van der Waals surface area (Å²) in [6.45, 7) is 4.09. The van der Waals surface area contributed by atoms with Gasteiger partial charge in [0.25, 0.3) is 0 Å². The zero-order valence-electron chi connectivity index (χ0n) is 11.6. The standard InChI is InChI=1S/C14H22N2O2S/c1-3-12-6-7-14(10-13(12)11-15-2)19(17,18)16-8-4-5-9-16/h6-7,10,15H,3-5,8-9,11H2,1-2H3. The maximum atomic E-state index is 12.5. The Hall–Kier alpha value is -0.910. The van der Waals surface area contributed by atoms with Gasteiger partial charge < -0.3 is 5.32 Å². The molecule has 0 spiro atoms. The smallest absolute Gasteiger partial charge is 0.243 e.